The maximum atomic E-state index is 11.0. The molecule has 1 aromatic rings. The lowest BCUT2D eigenvalue weighted by atomic mass is 10.1. The number of aliphatic hydroxyl groups excluding tert-OH is 1. The average Bonchev–Trinajstić information content (AvgIpc) is 2.47. The molecule has 22 heavy (non-hydrogen) atoms. The summed E-state index contributed by atoms with van der Waals surface area (Å²) >= 11 is 0. The van der Waals surface area contributed by atoms with Crippen LogP contribution in [0.15, 0.2) is 30.3 Å². The Morgan fingerprint density at radius 2 is 1.73 bits per heavy atom. The molecule has 0 heterocycles. The normalized spacial score (nSPS) is 12.3. The Morgan fingerprint density at radius 3 is 2.09 bits per heavy atom. The maximum Gasteiger partial charge on any atom is 0.333 e. The molecule has 0 aliphatic rings. The van der Waals surface area contributed by atoms with Gasteiger partial charge in [0.05, 0.1) is 13.5 Å². The minimum Gasteiger partial charge on any atom is -0.481 e. The Kier molecular flexibility index (Phi) is 9.15. The van der Waals surface area contributed by atoms with Crippen molar-refractivity contribution >= 4 is 17.9 Å². The van der Waals surface area contributed by atoms with Crippen molar-refractivity contribution in [2.24, 2.45) is 5.73 Å². The van der Waals surface area contributed by atoms with Crippen molar-refractivity contribution in [1.82, 2.24) is 0 Å². The fourth-order valence-corrected chi connectivity index (χ4v) is 1.36. The largest absolute Gasteiger partial charge is 0.481 e. The number of ether oxygens (including phenoxy) is 1. The van der Waals surface area contributed by atoms with E-state index >= 15 is 0 Å². The molecule has 0 unspecified atom stereocenters. The van der Waals surface area contributed by atoms with Gasteiger partial charge in [0.2, 0.25) is 0 Å². The highest BCUT2D eigenvalue weighted by atomic mass is 16.5. The molecule has 5 N–H and O–H groups in total. The molecule has 0 bridgehead atoms. The summed E-state index contributed by atoms with van der Waals surface area (Å²) in [6, 6.07) is 9.06. The predicted octanol–water partition coefficient (Wildman–Crippen LogP) is -0.364. The molecule has 8 heteroatoms. The zero-order valence-corrected chi connectivity index (χ0v) is 12.0. The van der Waals surface area contributed by atoms with Gasteiger partial charge in [-0.3, -0.25) is 9.59 Å². The number of methoxy groups -OCH3 is 1. The molecular weight excluding hydrogens is 294 g/mol. The van der Waals surface area contributed by atoms with E-state index in [1.54, 1.807) is 0 Å². The van der Waals surface area contributed by atoms with Crippen LogP contribution in [0.2, 0.25) is 0 Å². The fourth-order valence-electron chi connectivity index (χ4n) is 1.36. The predicted molar refractivity (Wildman–Crippen MR) is 76.0 cm³/mol. The summed E-state index contributed by atoms with van der Waals surface area (Å²) in [6.07, 6.45) is -2.02. The number of carboxylic acids is 2. The van der Waals surface area contributed by atoms with E-state index in [2.05, 4.69) is 4.74 Å². The monoisotopic (exact) mass is 313 g/mol. The van der Waals surface area contributed by atoms with Gasteiger partial charge in [-0.15, -0.1) is 0 Å². The number of esters is 1. The van der Waals surface area contributed by atoms with Crippen LogP contribution in [0.4, 0.5) is 0 Å². The number of nitrogens with two attached hydrogens (primary N) is 1. The van der Waals surface area contributed by atoms with E-state index in [9.17, 15) is 14.4 Å². The van der Waals surface area contributed by atoms with Crippen molar-refractivity contribution in [1.29, 1.82) is 0 Å². The van der Waals surface area contributed by atoms with Gasteiger partial charge >= 0.3 is 17.9 Å². The molecule has 0 amide bonds. The summed E-state index contributed by atoms with van der Waals surface area (Å²) in [4.78, 5) is 30.4. The third-order valence-electron chi connectivity index (χ3n) is 2.46. The van der Waals surface area contributed by atoms with Crippen molar-refractivity contribution in [3.63, 3.8) is 0 Å². The second kappa shape index (κ2) is 10.3. The first kappa shape index (κ1) is 19.6. The molecule has 0 fully saturated rings. The van der Waals surface area contributed by atoms with Crippen LogP contribution in [-0.2, 0) is 25.5 Å². The van der Waals surface area contributed by atoms with Gasteiger partial charge in [-0.05, 0) is 12.0 Å². The number of rotatable bonds is 6. The standard InChI is InChI=1S/C10H13NO2.C4H6O5/c1-13-10(12)9(11)7-8-5-3-2-4-6-8;5-2(4(8)9)1-3(6)7/h2-6,9H,7,11H2,1H3;2,5H,1H2,(H,6,7)(H,8,9)/t9-;2-/m00/s1. The third-order valence-corrected chi connectivity index (χ3v) is 2.46. The number of aliphatic carboxylic acids is 2. The highest BCUT2D eigenvalue weighted by Gasteiger charge is 2.16. The lowest BCUT2D eigenvalue weighted by Gasteiger charge is -2.08. The molecule has 8 nitrogen and oxygen atoms in total. The first-order valence-corrected chi connectivity index (χ1v) is 6.28. The van der Waals surface area contributed by atoms with E-state index in [-0.39, 0.29) is 5.97 Å². The number of aliphatic hydroxyl groups is 1. The molecule has 0 aliphatic heterocycles. The van der Waals surface area contributed by atoms with E-state index in [1.807, 2.05) is 30.3 Å². The molecule has 1 rings (SSSR count). The van der Waals surface area contributed by atoms with Gasteiger partial charge < -0.3 is 25.8 Å². The number of carboxylic acid groups (broad SMARTS) is 2. The lowest BCUT2D eigenvalue weighted by molar-refractivity contribution is -0.152. The van der Waals surface area contributed by atoms with E-state index in [1.165, 1.54) is 7.11 Å². The first-order chi connectivity index (χ1) is 10.3. The number of hydrogen-bond acceptors (Lipinski definition) is 6. The maximum absolute atomic E-state index is 11.0. The summed E-state index contributed by atoms with van der Waals surface area (Å²) in [5.41, 5.74) is 6.63. The average molecular weight is 313 g/mol. The molecule has 0 radical (unpaired) electrons. The van der Waals surface area contributed by atoms with Gasteiger partial charge in [0.15, 0.2) is 6.10 Å². The summed E-state index contributed by atoms with van der Waals surface area (Å²) in [5.74, 6) is -3.22. The highest BCUT2D eigenvalue weighted by molar-refractivity contribution is 5.79. The van der Waals surface area contributed by atoms with Gasteiger partial charge in [-0.1, -0.05) is 30.3 Å². The number of benzene rings is 1. The summed E-state index contributed by atoms with van der Waals surface area (Å²) in [7, 11) is 1.34. The molecular formula is C14H19NO7. The quantitative estimate of drug-likeness (QED) is 0.520. The zero-order chi connectivity index (χ0) is 17.1. The van der Waals surface area contributed by atoms with Crippen LogP contribution in [0.5, 0.6) is 0 Å². The Morgan fingerprint density at radius 1 is 1.18 bits per heavy atom. The van der Waals surface area contributed by atoms with Crippen molar-refractivity contribution in [2.75, 3.05) is 7.11 Å². The van der Waals surface area contributed by atoms with Gasteiger partial charge in [-0.2, -0.15) is 0 Å². The van der Waals surface area contributed by atoms with E-state index < -0.39 is 30.5 Å². The number of hydrogen-bond donors (Lipinski definition) is 4. The smallest absolute Gasteiger partial charge is 0.333 e. The Balaban J connectivity index is 0.000000433. The second-order valence-corrected chi connectivity index (χ2v) is 4.27. The van der Waals surface area contributed by atoms with Crippen molar-refractivity contribution in [3.05, 3.63) is 35.9 Å². The Bertz CT molecular complexity index is 489. The van der Waals surface area contributed by atoms with E-state index in [4.69, 9.17) is 21.1 Å². The van der Waals surface area contributed by atoms with Gasteiger partial charge in [-0.25, -0.2) is 4.79 Å². The van der Waals surface area contributed by atoms with Crippen LogP contribution >= 0.6 is 0 Å². The fraction of sp³-hybridized carbons (Fsp3) is 0.357. The van der Waals surface area contributed by atoms with Gasteiger partial charge in [0.25, 0.3) is 0 Å². The molecule has 0 aliphatic carbocycles. The van der Waals surface area contributed by atoms with Gasteiger partial charge in [0.1, 0.15) is 6.04 Å². The third kappa shape index (κ3) is 8.67. The first-order valence-electron chi connectivity index (χ1n) is 6.28. The minimum atomic E-state index is -1.79. The molecule has 0 spiro atoms. The minimum absolute atomic E-state index is 0.371. The highest BCUT2D eigenvalue weighted by Crippen LogP contribution is 2.02. The molecule has 0 saturated heterocycles. The Labute approximate surface area is 127 Å². The molecule has 122 valence electrons. The van der Waals surface area contributed by atoms with Crippen LogP contribution in [-0.4, -0.2) is 52.5 Å². The lowest BCUT2D eigenvalue weighted by Crippen LogP contribution is -2.33. The van der Waals surface area contributed by atoms with E-state index in [0.717, 1.165) is 5.56 Å². The van der Waals surface area contributed by atoms with Crippen LogP contribution < -0.4 is 5.73 Å². The topological polar surface area (TPSA) is 147 Å². The van der Waals surface area contributed by atoms with Gasteiger partial charge in [0, 0.05) is 0 Å². The SMILES string of the molecule is COC(=O)[C@@H](N)Cc1ccccc1.O=C(O)C[C@H](O)C(=O)O. The number of carbonyl (C=O) groups excluding carboxylic acids is 1. The Hall–Kier alpha value is -2.45. The summed E-state index contributed by atoms with van der Waals surface area (Å²) in [5, 5.41) is 24.1. The van der Waals surface area contributed by atoms with Crippen molar-refractivity contribution < 1.29 is 34.4 Å². The zero-order valence-electron chi connectivity index (χ0n) is 12.0. The second-order valence-electron chi connectivity index (χ2n) is 4.27. The van der Waals surface area contributed by atoms with E-state index in [0.29, 0.717) is 6.42 Å². The summed E-state index contributed by atoms with van der Waals surface area (Å²) in [6.45, 7) is 0. The van der Waals surface area contributed by atoms with Crippen LogP contribution in [0.1, 0.15) is 12.0 Å². The summed E-state index contributed by atoms with van der Waals surface area (Å²) < 4.78 is 4.52. The molecule has 0 aromatic heterocycles. The number of carbonyl (C=O) groups is 3. The van der Waals surface area contributed by atoms with Crippen molar-refractivity contribution in [3.8, 4) is 0 Å². The molecule has 1 aromatic carbocycles. The van der Waals surface area contributed by atoms with Crippen LogP contribution in [0, 0.1) is 0 Å². The molecule has 0 saturated carbocycles. The van der Waals surface area contributed by atoms with Crippen molar-refractivity contribution in [2.45, 2.75) is 25.0 Å². The van der Waals surface area contributed by atoms with Crippen LogP contribution in [0.3, 0.4) is 0 Å². The molecule has 2 atom stereocenters. The van der Waals surface area contributed by atoms with Crippen LogP contribution in [0.25, 0.3) is 0 Å².